The molecule has 6 nitrogen and oxygen atoms in total. The van der Waals surface area contributed by atoms with Gasteiger partial charge in [0.25, 0.3) is 0 Å². The van der Waals surface area contributed by atoms with Crippen LogP contribution in [0.2, 0.25) is 0 Å². The first-order valence-electron chi connectivity index (χ1n) is 10.3. The number of fused-ring (bicyclic) bond motifs is 1. The average Bonchev–Trinajstić information content (AvgIpc) is 2.91. The predicted molar refractivity (Wildman–Crippen MR) is 108 cm³/mol. The minimum absolute atomic E-state index is 0.210. The SMILES string of the molecule is O=C(CN1C(=O)C2CC=CCC2C1=O)Nc1ccc(N2CCCCCC2)cc1. The molecule has 4 rings (SSSR count). The normalized spacial score (nSPS) is 24.9. The van der Waals surface area contributed by atoms with Gasteiger partial charge in [0.15, 0.2) is 0 Å². The molecule has 1 N–H and O–H groups in total. The third kappa shape index (κ3) is 3.81. The van der Waals surface area contributed by atoms with Crippen molar-refractivity contribution in [2.24, 2.45) is 11.8 Å². The van der Waals surface area contributed by atoms with Crippen molar-refractivity contribution in [3.05, 3.63) is 36.4 Å². The lowest BCUT2D eigenvalue weighted by Crippen LogP contribution is -2.38. The first kappa shape index (κ1) is 18.7. The Morgan fingerprint density at radius 1 is 0.893 bits per heavy atom. The highest BCUT2D eigenvalue weighted by atomic mass is 16.2. The van der Waals surface area contributed by atoms with Gasteiger partial charge in [0, 0.05) is 24.5 Å². The summed E-state index contributed by atoms with van der Waals surface area (Å²) in [5.41, 5.74) is 1.85. The van der Waals surface area contributed by atoms with Gasteiger partial charge in [0.1, 0.15) is 6.54 Å². The highest BCUT2D eigenvalue weighted by Crippen LogP contribution is 2.34. The molecular formula is C22H27N3O3. The Labute approximate surface area is 165 Å². The van der Waals surface area contributed by atoms with Gasteiger partial charge in [0.2, 0.25) is 17.7 Å². The second-order valence-corrected chi connectivity index (χ2v) is 7.91. The molecule has 6 heteroatoms. The summed E-state index contributed by atoms with van der Waals surface area (Å²) in [6, 6.07) is 7.81. The van der Waals surface area contributed by atoms with E-state index in [9.17, 15) is 14.4 Å². The van der Waals surface area contributed by atoms with Crippen LogP contribution in [0.15, 0.2) is 36.4 Å². The molecule has 0 bridgehead atoms. The molecule has 0 spiro atoms. The number of carbonyl (C=O) groups is 3. The topological polar surface area (TPSA) is 69.7 Å². The van der Waals surface area contributed by atoms with Crippen molar-refractivity contribution in [1.82, 2.24) is 4.90 Å². The van der Waals surface area contributed by atoms with Gasteiger partial charge in [-0.2, -0.15) is 0 Å². The molecule has 0 radical (unpaired) electrons. The molecule has 3 amide bonds. The molecule has 0 saturated carbocycles. The number of anilines is 2. The lowest BCUT2D eigenvalue weighted by Gasteiger charge is -2.23. The Bertz CT molecular complexity index is 753. The van der Waals surface area contributed by atoms with Gasteiger partial charge in [-0.1, -0.05) is 25.0 Å². The van der Waals surface area contributed by atoms with E-state index in [0.29, 0.717) is 18.5 Å². The molecule has 2 heterocycles. The molecule has 2 atom stereocenters. The van der Waals surface area contributed by atoms with Crippen molar-refractivity contribution in [2.45, 2.75) is 38.5 Å². The van der Waals surface area contributed by atoms with Crippen LogP contribution in [-0.4, -0.2) is 42.3 Å². The van der Waals surface area contributed by atoms with Crippen LogP contribution in [0, 0.1) is 11.8 Å². The zero-order valence-electron chi connectivity index (χ0n) is 16.1. The average molecular weight is 381 g/mol. The second-order valence-electron chi connectivity index (χ2n) is 7.91. The summed E-state index contributed by atoms with van der Waals surface area (Å²) in [4.78, 5) is 40.9. The molecule has 3 aliphatic rings. The number of amides is 3. The summed E-state index contributed by atoms with van der Waals surface area (Å²) in [6.45, 7) is 1.93. The van der Waals surface area contributed by atoms with E-state index < -0.39 is 0 Å². The van der Waals surface area contributed by atoms with Gasteiger partial charge in [-0.3, -0.25) is 19.3 Å². The minimum Gasteiger partial charge on any atom is -0.372 e. The Balaban J connectivity index is 1.35. The van der Waals surface area contributed by atoms with Crippen molar-refractivity contribution >= 4 is 29.1 Å². The molecule has 1 aliphatic carbocycles. The summed E-state index contributed by atoms with van der Waals surface area (Å²) >= 11 is 0. The standard InChI is InChI=1S/C22H27N3O3/c26-20(15-25-21(27)18-7-3-4-8-19(18)22(25)28)23-16-9-11-17(12-10-16)24-13-5-1-2-6-14-24/h3-4,9-12,18-19H,1-2,5-8,13-15H2,(H,23,26). The summed E-state index contributed by atoms with van der Waals surface area (Å²) in [5.74, 6) is -1.36. The molecule has 2 fully saturated rings. The number of likely N-dealkylation sites (tertiary alicyclic amines) is 1. The number of nitrogens with one attached hydrogen (secondary N) is 1. The molecule has 2 saturated heterocycles. The smallest absolute Gasteiger partial charge is 0.244 e. The van der Waals surface area contributed by atoms with Crippen LogP contribution in [0.3, 0.4) is 0 Å². The third-order valence-electron chi connectivity index (χ3n) is 6.02. The Morgan fingerprint density at radius 2 is 1.46 bits per heavy atom. The summed E-state index contributed by atoms with van der Waals surface area (Å²) < 4.78 is 0. The number of rotatable bonds is 4. The summed E-state index contributed by atoms with van der Waals surface area (Å²) in [6.07, 6.45) is 10.1. The Morgan fingerprint density at radius 3 is 2.04 bits per heavy atom. The van der Waals surface area contributed by atoms with E-state index in [1.807, 2.05) is 36.4 Å². The maximum absolute atomic E-state index is 12.5. The van der Waals surface area contributed by atoms with Crippen molar-refractivity contribution < 1.29 is 14.4 Å². The fourth-order valence-corrected chi connectivity index (χ4v) is 4.45. The van der Waals surface area contributed by atoms with Gasteiger partial charge in [-0.15, -0.1) is 0 Å². The molecule has 148 valence electrons. The van der Waals surface area contributed by atoms with E-state index in [-0.39, 0.29) is 36.1 Å². The predicted octanol–water partition coefficient (Wildman–Crippen LogP) is 2.96. The monoisotopic (exact) mass is 381 g/mol. The van der Waals surface area contributed by atoms with Crippen molar-refractivity contribution in [2.75, 3.05) is 29.9 Å². The van der Waals surface area contributed by atoms with E-state index in [4.69, 9.17) is 0 Å². The zero-order valence-corrected chi connectivity index (χ0v) is 16.1. The quantitative estimate of drug-likeness (QED) is 0.643. The molecule has 28 heavy (non-hydrogen) atoms. The first-order chi connectivity index (χ1) is 13.6. The number of imide groups is 1. The number of allylic oxidation sites excluding steroid dienone is 2. The van der Waals surface area contributed by atoms with Crippen molar-refractivity contribution in [3.63, 3.8) is 0 Å². The number of nitrogens with zero attached hydrogens (tertiary/aromatic N) is 2. The van der Waals surface area contributed by atoms with E-state index in [2.05, 4.69) is 10.2 Å². The van der Waals surface area contributed by atoms with E-state index in [1.165, 1.54) is 31.4 Å². The zero-order chi connectivity index (χ0) is 19.5. The summed E-state index contributed by atoms with van der Waals surface area (Å²) in [7, 11) is 0. The molecule has 1 aromatic rings. The van der Waals surface area contributed by atoms with E-state index in [0.717, 1.165) is 18.0 Å². The largest absolute Gasteiger partial charge is 0.372 e. The van der Waals surface area contributed by atoms with Gasteiger partial charge in [0.05, 0.1) is 11.8 Å². The van der Waals surface area contributed by atoms with Crippen LogP contribution in [-0.2, 0) is 14.4 Å². The Kier molecular flexibility index (Phi) is 5.46. The third-order valence-corrected chi connectivity index (χ3v) is 6.02. The van der Waals surface area contributed by atoms with Crippen LogP contribution >= 0.6 is 0 Å². The van der Waals surface area contributed by atoms with Crippen LogP contribution < -0.4 is 10.2 Å². The van der Waals surface area contributed by atoms with Gasteiger partial charge in [-0.25, -0.2) is 0 Å². The highest BCUT2D eigenvalue weighted by molar-refractivity contribution is 6.08. The van der Waals surface area contributed by atoms with Crippen LogP contribution in [0.5, 0.6) is 0 Å². The maximum Gasteiger partial charge on any atom is 0.244 e. The van der Waals surface area contributed by atoms with Gasteiger partial charge < -0.3 is 10.2 Å². The number of carbonyl (C=O) groups excluding carboxylic acids is 3. The van der Waals surface area contributed by atoms with Crippen LogP contribution in [0.4, 0.5) is 11.4 Å². The van der Waals surface area contributed by atoms with Crippen molar-refractivity contribution in [1.29, 1.82) is 0 Å². The highest BCUT2D eigenvalue weighted by Gasteiger charge is 2.47. The Hall–Kier alpha value is -2.63. The first-order valence-corrected chi connectivity index (χ1v) is 10.3. The number of benzene rings is 1. The summed E-state index contributed by atoms with van der Waals surface area (Å²) in [5, 5.41) is 2.81. The van der Waals surface area contributed by atoms with Crippen LogP contribution in [0.1, 0.15) is 38.5 Å². The molecule has 1 aromatic carbocycles. The molecule has 0 aromatic heterocycles. The fraction of sp³-hybridized carbons (Fsp3) is 0.500. The number of hydrogen-bond donors (Lipinski definition) is 1. The lowest BCUT2D eigenvalue weighted by atomic mass is 9.85. The second kappa shape index (κ2) is 8.17. The van der Waals surface area contributed by atoms with Crippen molar-refractivity contribution in [3.8, 4) is 0 Å². The molecule has 2 aliphatic heterocycles. The van der Waals surface area contributed by atoms with Gasteiger partial charge >= 0.3 is 0 Å². The maximum atomic E-state index is 12.5. The van der Waals surface area contributed by atoms with Gasteiger partial charge in [-0.05, 0) is 49.9 Å². The molecular weight excluding hydrogens is 354 g/mol. The minimum atomic E-state index is -0.337. The number of hydrogen-bond acceptors (Lipinski definition) is 4. The molecule has 2 unspecified atom stereocenters. The van der Waals surface area contributed by atoms with E-state index in [1.54, 1.807) is 0 Å². The lowest BCUT2D eigenvalue weighted by molar-refractivity contribution is -0.142. The van der Waals surface area contributed by atoms with E-state index >= 15 is 0 Å². The fourth-order valence-electron chi connectivity index (χ4n) is 4.45. The van der Waals surface area contributed by atoms with Crippen LogP contribution in [0.25, 0.3) is 0 Å².